The Morgan fingerprint density at radius 3 is 2.71 bits per heavy atom. The van der Waals surface area contributed by atoms with Gasteiger partial charge >= 0.3 is 0 Å². The number of carbonyl (C=O) groups excluding carboxylic acids is 2. The van der Waals surface area contributed by atoms with Crippen LogP contribution in [0.5, 0.6) is 0 Å². The van der Waals surface area contributed by atoms with Crippen LogP contribution in [0.2, 0.25) is 0 Å². The van der Waals surface area contributed by atoms with Crippen LogP contribution in [-0.4, -0.2) is 47.8 Å². The van der Waals surface area contributed by atoms with Gasteiger partial charge in [0.05, 0.1) is 11.5 Å². The molecule has 5 atom stereocenters. The average molecular weight is 291 g/mol. The Kier molecular flexibility index (Phi) is 2.90. The van der Waals surface area contributed by atoms with Crippen LogP contribution >= 0.6 is 0 Å². The molecule has 5 rings (SSSR count). The summed E-state index contributed by atoms with van der Waals surface area (Å²) in [6.07, 6.45) is 4.73. The van der Waals surface area contributed by atoms with Crippen molar-refractivity contribution >= 4 is 11.6 Å². The van der Waals surface area contributed by atoms with Crippen LogP contribution in [0.3, 0.4) is 0 Å². The molecular weight excluding hydrogens is 266 g/mol. The van der Waals surface area contributed by atoms with Crippen molar-refractivity contribution in [3.05, 3.63) is 0 Å². The van der Waals surface area contributed by atoms with Crippen molar-refractivity contribution in [2.24, 2.45) is 22.7 Å². The van der Waals surface area contributed by atoms with Gasteiger partial charge in [0.15, 0.2) is 0 Å². The number of aliphatic hydroxyl groups excluding tert-OH is 1. The van der Waals surface area contributed by atoms with E-state index in [1.807, 2.05) is 0 Å². The first-order chi connectivity index (χ1) is 10.0. The maximum absolute atomic E-state index is 12.9. The lowest BCUT2D eigenvalue weighted by molar-refractivity contribution is -0.180. The fourth-order valence-electron chi connectivity index (χ4n) is 6.31. The molecule has 4 nitrogen and oxygen atoms in total. The van der Waals surface area contributed by atoms with Crippen molar-refractivity contribution in [3.8, 4) is 0 Å². The van der Waals surface area contributed by atoms with E-state index in [0.29, 0.717) is 31.0 Å². The summed E-state index contributed by atoms with van der Waals surface area (Å²) in [6, 6.07) is 0. The smallest absolute Gasteiger partial charge is 0.142 e. The van der Waals surface area contributed by atoms with Crippen LogP contribution < -0.4 is 0 Å². The third kappa shape index (κ3) is 1.53. The van der Waals surface area contributed by atoms with Gasteiger partial charge in [-0.1, -0.05) is 0 Å². The average Bonchev–Trinajstić information content (AvgIpc) is 2.62. The highest BCUT2D eigenvalue weighted by atomic mass is 16.3. The minimum Gasteiger partial charge on any atom is -0.392 e. The Morgan fingerprint density at radius 2 is 1.90 bits per heavy atom. The monoisotopic (exact) mass is 291 g/mol. The molecule has 0 amide bonds. The summed E-state index contributed by atoms with van der Waals surface area (Å²) in [4.78, 5) is 28.1. The predicted octanol–water partition coefficient (Wildman–Crippen LogP) is 1.41. The number of fused-ring (bicyclic) bond motifs is 1. The fraction of sp³-hybridized carbons (Fsp3) is 0.882. The van der Waals surface area contributed by atoms with Gasteiger partial charge in [-0.05, 0) is 57.5 Å². The first-order valence-corrected chi connectivity index (χ1v) is 8.44. The zero-order valence-corrected chi connectivity index (χ0v) is 12.8. The molecule has 1 aliphatic heterocycles. The van der Waals surface area contributed by atoms with Gasteiger partial charge in [-0.3, -0.25) is 9.59 Å². The predicted molar refractivity (Wildman–Crippen MR) is 77.7 cm³/mol. The Hall–Kier alpha value is -0.740. The third-order valence-corrected chi connectivity index (χ3v) is 7.09. The molecule has 0 aromatic rings. The van der Waals surface area contributed by atoms with Crippen molar-refractivity contribution in [3.63, 3.8) is 0 Å². The van der Waals surface area contributed by atoms with Gasteiger partial charge in [-0.2, -0.15) is 0 Å². The number of aliphatic hydroxyl groups is 1. The summed E-state index contributed by atoms with van der Waals surface area (Å²) >= 11 is 0. The molecule has 1 N–H and O–H groups in total. The van der Waals surface area contributed by atoms with E-state index in [1.54, 1.807) is 0 Å². The highest BCUT2D eigenvalue weighted by molar-refractivity contribution is 6.02. The zero-order valence-electron chi connectivity index (χ0n) is 12.8. The summed E-state index contributed by atoms with van der Waals surface area (Å²) in [7, 11) is 2.07. The lowest BCUT2D eigenvalue weighted by atomic mass is 9.43. The maximum atomic E-state index is 12.9. The van der Waals surface area contributed by atoms with E-state index in [0.717, 1.165) is 38.8 Å². The maximum Gasteiger partial charge on any atom is 0.142 e. The number of ketones is 2. The zero-order chi connectivity index (χ0) is 14.8. The summed E-state index contributed by atoms with van der Waals surface area (Å²) in [6.45, 7) is 1.78. The number of hydrogen-bond donors (Lipinski definition) is 1. The second-order valence-electron chi connectivity index (χ2n) is 7.91. The standard InChI is InChI=1S/C17H25NO3/c1-18-5-2-4-16-12-7-11(8-14(16)20)10-17(16,15(21)9-12)13(19)3-6-18/h11-13,19H,2-10H2,1H3/t11-,12-,13+,16+,17-/m0/s1. The number of rotatable bonds is 0. The molecule has 0 radical (unpaired) electrons. The van der Waals surface area contributed by atoms with Crippen LogP contribution in [0.15, 0.2) is 0 Å². The highest BCUT2D eigenvalue weighted by Gasteiger charge is 2.75. The molecule has 1 spiro atoms. The van der Waals surface area contributed by atoms with E-state index >= 15 is 0 Å². The summed E-state index contributed by atoms with van der Waals surface area (Å²) in [5.74, 6) is 1.04. The number of Topliss-reactive ketones (excluding diaryl/α,β-unsaturated/α-hetero) is 2. The minimum absolute atomic E-state index is 0.195. The van der Waals surface area contributed by atoms with Crippen LogP contribution in [-0.2, 0) is 9.59 Å². The largest absolute Gasteiger partial charge is 0.392 e. The lowest BCUT2D eigenvalue weighted by Crippen LogP contribution is -2.63. The van der Waals surface area contributed by atoms with E-state index in [9.17, 15) is 14.7 Å². The molecule has 4 aliphatic carbocycles. The quantitative estimate of drug-likeness (QED) is 0.733. The number of nitrogens with zero attached hydrogens (tertiary/aromatic N) is 1. The Labute approximate surface area is 125 Å². The topological polar surface area (TPSA) is 57.6 Å². The molecular formula is C17H25NO3. The van der Waals surface area contributed by atoms with Gasteiger partial charge < -0.3 is 10.0 Å². The molecule has 116 valence electrons. The highest BCUT2D eigenvalue weighted by Crippen LogP contribution is 2.71. The van der Waals surface area contributed by atoms with Crippen LogP contribution in [0.1, 0.15) is 44.9 Å². The van der Waals surface area contributed by atoms with Gasteiger partial charge in [0, 0.05) is 24.8 Å². The van der Waals surface area contributed by atoms with Gasteiger partial charge in [-0.25, -0.2) is 0 Å². The molecule has 4 bridgehead atoms. The van der Waals surface area contributed by atoms with Crippen LogP contribution in [0.4, 0.5) is 0 Å². The molecule has 4 saturated carbocycles. The van der Waals surface area contributed by atoms with Crippen LogP contribution in [0, 0.1) is 22.7 Å². The van der Waals surface area contributed by atoms with E-state index in [1.165, 1.54) is 0 Å². The molecule has 1 saturated heterocycles. The Morgan fingerprint density at radius 1 is 1.14 bits per heavy atom. The Balaban J connectivity index is 1.86. The molecule has 4 heteroatoms. The van der Waals surface area contributed by atoms with Crippen molar-refractivity contribution < 1.29 is 14.7 Å². The third-order valence-electron chi connectivity index (χ3n) is 7.09. The molecule has 5 aliphatic rings. The van der Waals surface area contributed by atoms with Gasteiger partial charge in [0.2, 0.25) is 0 Å². The van der Waals surface area contributed by atoms with Crippen molar-refractivity contribution in [1.82, 2.24) is 4.90 Å². The lowest BCUT2D eigenvalue weighted by Gasteiger charge is -2.58. The van der Waals surface area contributed by atoms with E-state index < -0.39 is 16.9 Å². The van der Waals surface area contributed by atoms with E-state index in [-0.39, 0.29) is 11.7 Å². The second-order valence-corrected chi connectivity index (χ2v) is 7.91. The fourth-order valence-corrected chi connectivity index (χ4v) is 6.31. The van der Waals surface area contributed by atoms with Gasteiger partial charge in [-0.15, -0.1) is 0 Å². The molecule has 0 unspecified atom stereocenters. The number of carbonyl (C=O) groups is 2. The first kappa shape index (κ1) is 13.9. The molecule has 21 heavy (non-hydrogen) atoms. The first-order valence-electron chi connectivity index (χ1n) is 8.44. The number of hydrogen-bond acceptors (Lipinski definition) is 4. The molecule has 1 heterocycles. The second kappa shape index (κ2) is 4.39. The normalized spacial score (nSPS) is 50.5. The summed E-state index contributed by atoms with van der Waals surface area (Å²) < 4.78 is 0. The SMILES string of the molecule is CN1CCC[C@]23C(=O)C[C@@H]4C[C@H]2CC(=O)[C@]3(C4)[C@H](O)CC1. The van der Waals surface area contributed by atoms with E-state index in [4.69, 9.17) is 0 Å². The molecule has 0 aromatic heterocycles. The van der Waals surface area contributed by atoms with Crippen LogP contribution in [0.25, 0.3) is 0 Å². The van der Waals surface area contributed by atoms with E-state index in [2.05, 4.69) is 11.9 Å². The molecule has 0 aromatic carbocycles. The van der Waals surface area contributed by atoms with Crippen molar-refractivity contribution in [2.45, 2.75) is 51.0 Å². The van der Waals surface area contributed by atoms with Crippen molar-refractivity contribution in [1.29, 1.82) is 0 Å². The van der Waals surface area contributed by atoms with Gasteiger partial charge in [0.25, 0.3) is 0 Å². The Bertz CT molecular complexity index is 496. The summed E-state index contributed by atoms with van der Waals surface area (Å²) in [5.41, 5.74) is -1.26. The van der Waals surface area contributed by atoms with Gasteiger partial charge in [0.1, 0.15) is 11.6 Å². The summed E-state index contributed by atoms with van der Waals surface area (Å²) in [5, 5.41) is 10.9. The minimum atomic E-state index is -0.735. The van der Waals surface area contributed by atoms with Crippen molar-refractivity contribution in [2.75, 3.05) is 20.1 Å². The molecule has 5 fully saturated rings.